The first-order valence-electron chi connectivity index (χ1n) is 11.2. The molecule has 1 amide bonds. The number of amides is 1. The molecule has 0 saturated carbocycles. The molecule has 0 N–H and O–H groups in total. The average molecular weight is 429 g/mol. The highest BCUT2D eigenvalue weighted by atomic mass is 16.2. The van der Waals surface area contributed by atoms with E-state index in [0.29, 0.717) is 0 Å². The Morgan fingerprint density at radius 1 is 1.03 bits per heavy atom. The van der Waals surface area contributed by atoms with Gasteiger partial charge in [0.05, 0.1) is 34.5 Å². The summed E-state index contributed by atoms with van der Waals surface area (Å²) in [6.45, 7) is 11.3. The molecule has 0 aromatic carbocycles. The summed E-state index contributed by atoms with van der Waals surface area (Å²) in [7, 11) is 0. The second-order valence-electron chi connectivity index (χ2n) is 8.39. The average Bonchev–Trinajstić information content (AvgIpc) is 3.21. The van der Waals surface area contributed by atoms with E-state index >= 15 is 0 Å². The molecule has 2 aromatic heterocycles. The Balaban J connectivity index is 1.45. The Morgan fingerprint density at radius 2 is 1.81 bits per heavy atom. The van der Waals surface area contributed by atoms with Crippen LogP contribution in [0.5, 0.6) is 0 Å². The van der Waals surface area contributed by atoms with Gasteiger partial charge in [0.25, 0.3) is 5.91 Å². The summed E-state index contributed by atoms with van der Waals surface area (Å²) in [6.07, 6.45) is 15.6. The van der Waals surface area contributed by atoms with Crippen LogP contribution in [-0.4, -0.2) is 67.9 Å². The van der Waals surface area contributed by atoms with Crippen molar-refractivity contribution < 1.29 is 4.79 Å². The third kappa shape index (κ3) is 3.80. The van der Waals surface area contributed by atoms with Crippen molar-refractivity contribution >= 4 is 17.0 Å². The number of carbonyl (C=O) groups excluding carboxylic acids is 1. The summed E-state index contributed by atoms with van der Waals surface area (Å²) in [5, 5.41) is 4.70. The maximum atomic E-state index is 13.3. The van der Waals surface area contributed by atoms with Crippen molar-refractivity contribution in [2.24, 2.45) is 0 Å². The fraction of sp³-hybridized carbons (Fsp3) is 0.320. The lowest BCUT2D eigenvalue weighted by molar-refractivity contribution is -0.122. The van der Waals surface area contributed by atoms with Crippen LogP contribution in [0.2, 0.25) is 0 Å². The van der Waals surface area contributed by atoms with Crippen molar-refractivity contribution in [1.29, 1.82) is 0 Å². The third-order valence-corrected chi connectivity index (χ3v) is 6.26. The second kappa shape index (κ2) is 8.24. The summed E-state index contributed by atoms with van der Waals surface area (Å²) in [4.78, 5) is 24.3. The van der Waals surface area contributed by atoms with Gasteiger partial charge in [0.2, 0.25) is 0 Å². The van der Waals surface area contributed by atoms with E-state index in [-0.39, 0.29) is 5.91 Å². The molecule has 2 aromatic rings. The van der Waals surface area contributed by atoms with Crippen LogP contribution in [0, 0.1) is 13.8 Å². The van der Waals surface area contributed by atoms with Crippen LogP contribution in [0.25, 0.3) is 11.1 Å². The molecule has 0 aliphatic carbocycles. The van der Waals surface area contributed by atoms with Crippen molar-refractivity contribution in [1.82, 2.24) is 29.3 Å². The Hall–Kier alpha value is -3.45. The predicted molar refractivity (Wildman–Crippen MR) is 125 cm³/mol. The summed E-state index contributed by atoms with van der Waals surface area (Å²) in [5.74, 6) is -0.0762. The zero-order chi connectivity index (χ0) is 22.2. The van der Waals surface area contributed by atoms with Crippen molar-refractivity contribution in [2.45, 2.75) is 20.8 Å². The number of fused-ring (bicyclic) bond motifs is 2. The standard InChI is InChI=1S/C25H28N6O/c1-4-28-10-12-29(13-11-28)22-9-8-21-7-5-6-20(14-25(32)30(21)17-22)23-15-24-19(3)26-18(2)16-31(24)27-23/h5-9,14-17H,4,10-13H2,1-3H3/b6-5+,20-14+,21-7+. The second-order valence-corrected chi connectivity index (χ2v) is 8.39. The first kappa shape index (κ1) is 20.5. The van der Waals surface area contributed by atoms with Crippen LogP contribution < -0.4 is 0 Å². The number of nitrogens with zero attached hydrogens (tertiary/aromatic N) is 6. The highest BCUT2D eigenvalue weighted by molar-refractivity contribution is 5.99. The zero-order valence-corrected chi connectivity index (χ0v) is 18.8. The van der Waals surface area contributed by atoms with Gasteiger partial charge in [-0.25, -0.2) is 4.52 Å². The van der Waals surface area contributed by atoms with Crippen LogP contribution in [0.15, 0.2) is 66.3 Å². The Labute approximate surface area is 188 Å². The van der Waals surface area contributed by atoms with Gasteiger partial charge in [-0.3, -0.25) is 14.7 Å². The van der Waals surface area contributed by atoms with E-state index in [4.69, 9.17) is 5.10 Å². The highest BCUT2D eigenvalue weighted by Gasteiger charge is 2.23. The number of piperazine rings is 1. The largest absolute Gasteiger partial charge is 0.368 e. The van der Waals surface area contributed by atoms with Gasteiger partial charge in [-0.15, -0.1) is 0 Å². The van der Waals surface area contributed by atoms with Gasteiger partial charge in [-0.2, -0.15) is 5.10 Å². The molecule has 164 valence electrons. The summed E-state index contributed by atoms with van der Waals surface area (Å²) in [5.41, 5.74) is 6.26. The number of aryl methyl sites for hydroxylation is 2. The maximum Gasteiger partial charge on any atom is 0.255 e. The smallest absolute Gasteiger partial charge is 0.255 e. The Kier molecular flexibility index (Phi) is 5.27. The minimum Gasteiger partial charge on any atom is -0.368 e. The fourth-order valence-corrected chi connectivity index (χ4v) is 4.43. The molecule has 0 bridgehead atoms. The van der Waals surface area contributed by atoms with Crippen molar-refractivity contribution in [3.05, 3.63) is 83.4 Å². The van der Waals surface area contributed by atoms with Crippen LogP contribution in [0.4, 0.5) is 0 Å². The number of rotatable bonds is 3. The molecular weight excluding hydrogens is 400 g/mol. The van der Waals surface area contributed by atoms with E-state index in [0.717, 1.165) is 72.3 Å². The van der Waals surface area contributed by atoms with Gasteiger partial charge in [0.1, 0.15) is 0 Å². The molecule has 3 aliphatic heterocycles. The van der Waals surface area contributed by atoms with Gasteiger partial charge in [0.15, 0.2) is 0 Å². The fourth-order valence-electron chi connectivity index (χ4n) is 4.43. The van der Waals surface area contributed by atoms with Gasteiger partial charge in [-0.1, -0.05) is 19.1 Å². The van der Waals surface area contributed by atoms with E-state index in [1.165, 1.54) is 0 Å². The van der Waals surface area contributed by atoms with E-state index in [1.807, 2.05) is 61.1 Å². The SMILES string of the molecule is CCN1CCN(C2=CN3C(=O)\C=C(c4cc5c(C)nc(C)cn5n4)/C=C/C=C/3C=C2)CC1. The monoisotopic (exact) mass is 428 g/mol. The molecule has 0 radical (unpaired) electrons. The van der Waals surface area contributed by atoms with Crippen LogP contribution in [0.3, 0.4) is 0 Å². The van der Waals surface area contributed by atoms with Gasteiger partial charge >= 0.3 is 0 Å². The van der Waals surface area contributed by atoms with Gasteiger partial charge in [-0.05, 0) is 44.7 Å². The predicted octanol–water partition coefficient (Wildman–Crippen LogP) is 3.06. The van der Waals surface area contributed by atoms with Crippen LogP contribution >= 0.6 is 0 Å². The first-order valence-corrected chi connectivity index (χ1v) is 11.2. The minimum atomic E-state index is -0.0762. The molecule has 0 atom stereocenters. The van der Waals surface area contributed by atoms with Crippen molar-refractivity contribution in [3.8, 4) is 0 Å². The molecule has 7 heteroatoms. The van der Waals surface area contributed by atoms with E-state index < -0.39 is 0 Å². The number of likely N-dealkylation sites (N-methyl/N-ethyl adjacent to an activating group) is 1. The third-order valence-electron chi connectivity index (χ3n) is 6.26. The lowest BCUT2D eigenvalue weighted by Crippen LogP contribution is -2.46. The number of hydrogen-bond acceptors (Lipinski definition) is 5. The molecule has 0 spiro atoms. The zero-order valence-electron chi connectivity index (χ0n) is 18.8. The van der Waals surface area contributed by atoms with E-state index in [1.54, 1.807) is 11.0 Å². The molecule has 0 unspecified atom stereocenters. The molecule has 1 fully saturated rings. The summed E-state index contributed by atoms with van der Waals surface area (Å²) < 4.78 is 1.84. The van der Waals surface area contributed by atoms with Crippen LogP contribution in [0.1, 0.15) is 24.0 Å². The first-order chi connectivity index (χ1) is 15.5. The van der Waals surface area contributed by atoms with E-state index in [9.17, 15) is 4.79 Å². The summed E-state index contributed by atoms with van der Waals surface area (Å²) in [6, 6.07) is 1.99. The number of aromatic nitrogens is 3. The van der Waals surface area contributed by atoms with Gasteiger partial charge in [0, 0.05) is 49.7 Å². The maximum absolute atomic E-state index is 13.3. The topological polar surface area (TPSA) is 57.0 Å². The molecule has 32 heavy (non-hydrogen) atoms. The molecule has 7 nitrogen and oxygen atoms in total. The molecule has 5 heterocycles. The number of carbonyl (C=O) groups is 1. The molecular formula is C25H28N6O. The lowest BCUT2D eigenvalue weighted by Gasteiger charge is -2.37. The van der Waals surface area contributed by atoms with Crippen LogP contribution in [-0.2, 0) is 4.79 Å². The highest BCUT2D eigenvalue weighted by Crippen LogP contribution is 2.26. The molecule has 3 aliphatic rings. The van der Waals surface area contributed by atoms with Crippen molar-refractivity contribution in [3.63, 3.8) is 0 Å². The Bertz CT molecular complexity index is 1220. The summed E-state index contributed by atoms with van der Waals surface area (Å²) >= 11 is 0. The Morgan fingerprint density at radius 3 is 2.59 bits per heavy atom. The lowest BCUT2D eigenvalue weighted by atomic mass is 10.1. The van der Waals surface area contributed by atoms with Gasteiger partial charge < -0.3 is 9.80 Å². The molecule has 1 saturated heterocycles. The quantitative estimate of drug-likeness (QED) is 0.752. The molecule has 5 rings (SSSR count). The number of hydrogen-bond donors (Lipinski definition) is 0. The van der Waals surface area contributed by atoms with Crippen molar-refractivity contribution in [2.75, 3.05) is 32.7 Å². The normalized spacial score (nSPS) is 23.7. The van der Waals surface area contributed by atoms with E-state index in [2.05, 4.69) is 27.8 Å². The number of allylic oxidation sites excluding steroid dienone is 6. The minimum absolute atomic E-state index is 0.0762.